The van der Waals surface area contributed by atoms with Gasteiger partial charge in [-0.05, 0) is 91.1 Å². The van der Waals surface area contributed by atoms with E-state index >= 15 is 4.79 Å². The Morgan fingerprint density at radius 1 is 0.902 bits per heavy atom. The molecule has 6 atom stereocenters. The average Bonchev–Trinajstić information content (AvgIpc) is 3.51. The smallest absolute Gasteiger partial charge is 0.260 e. The molecule has 0 aromatic heterocycles. The van der Waals surface area contributed by atoms with E-state index in [1.54, 1.807) is 66.7 Å². The number of ether oxygens (including phenoxy) is 1. The highest BCUT2D eigenvalue weighted by Gasteiger charge is 2.70. The fourth-order valence-electron chi connectivity index (χ4n) is 8.78. The van der Waals surface area contributed by atoms with Crippen LogP contribution in [0.5, 0.6) is 11.5 Å². The first kappa shape index (κ1) is 33.2. The van der Waals surface area contributed by atoms with E-state index in [1.165, 1.54) is 36.3 Å². The Morgan fingerprint density at radius 2 is 1.61 bits per heavy atom. The first-order chi connectivity index (χ1) is 24.6. The number of anilines is 2. The molecule has 4 aliphatic rings. The lowest BCUT2D eigenvalue weighted by Gasteiger charge is -2.50. The number of nitrogens with one attached hydrogen (secondary N) is 1. The van der Waals surface area contributed by atoms with E-state index in [4.69, 9.17) is 16.3 Å². The number of amides is 4. The van der Waals surface area contributed by atoms with Crippen molar-refractivity contribution in [2.45, 2.75) is 24.2 Å². The molecule has 2 heterocycles. The van der Waals surface area contributed by atoms with E-state index in [9.17, 15) is 23.9 Å². The SMILES string of the molecule is COc1cccc([C@H]2C3=CC[C@@H]4C(=O)N(c5ccc(Br)cc5)C(=O)[C@@H]4[C@@H]3C[C@H]3C(=O)N(Nc4ccc(F)cc4)C(=O)[C@@]23c2ccc(Cl)cc2)c1O. The highest BCUT2D eigenvalue weighted by Crippen LogP contribution is 2.65. The van der Waals surface area contributed by atoms with E-state index < -0.39 is 52.6 Å². The van der Waals surface area contributed by atoms with Crippen LogP contribution >= 0.6 is 27.5 Å². The minimum absolute atomic E-state index is 0.0657. The van der Waals surface area contributed by atoms with Crippen molar-refractivity contribution in [2.75, 3.05) is 17.4 Å². The molecule has 2 aliphatic heterocycles. The number of rotatable bonds is 6. The number of benzene rings is 4. The Hall–Kier alpha value is -5.00. The molecule has 2 saturated heterocycles. The molecule has 0 unspecified atom stereocenters. The molecule has 4 aromatic rings. The maximum Gasteiger partial charge on any atom is 0.260 e. The van der Waals surface area contributed by atoms with Crippen molar-refractivity contribution in [2.24, 2.45) is 23.7 Å². The number of allylic oxidation sites excluding steroid dienone is 2. The Kier molecular flexibility index (Phi) is 8.03. The molecule has 2 N–H and O–H groups in total. The standard InChI is InChI=1S/C39H30BrClFN3O6/c1-51-31-4-2-3-28(34(31)46)33-26-17-18-27-32(37(49)44(35(27)47)25-15-7-21(40)8-16-25)29(26)19-30-36(48)45(43-24-13-11-23(42)12-14-24)38(50)39(30,33)20-5-9-22(41)10-6-20/h2-17,27,29-30,32-33,43,46H,18-19H2,1H3/t27-,29+,30-,32-,33+,39+/m0/s1. The second-order valence-electron chi connectivity index (χ2n) is 13.3. The van der Waals surface area contributed by atoms with E-state index in [0.717, 1.165) is 9.48 Å². The molecular formula is C39H30BrClFN3O6. The number of carbonyl (C=O) groups excluding carboxylic acids is 4. The number of phenolic OH excluding ortho intramolecular Hbond substituents is 1. The largest absolute Gasteiger partial charge is 0.504 e. The molecule has 4 aromatic carbocycles. The van der Waals surface area contributed by atoms with Crippen molar-refractivity contribution in [3.63, 3.8) is 0 Å². The van der Waals surface area contributed by atoms with Crippen LogP contribution < -0.4 is 15.1 Å². The zero-order chi connectivity index (χ0) is 35.8. The van der Waals surface area contributed by atoms with Gasteiger partial charge in [0.15, 0.2) is 11.5 Å². The van der Waals surface area contributed by atoms with Crippen molar-refractivity contribution in [1.29, 1.82) is 0 Å². The third-order valence-electron chi connectivity index (χ3n) is 10.9. The van der Waals surface area contributed by atoms with Crippen LogP contribution in [0.4, 0.5) is 15.8 Å². The zero-order valence-corrected chi connectivity index (χ0v) is 29.4. The summed E-state index contributed by atoms with van der Waals surface area (Å²) in [5, 5.41) is 13.1. The Bertz CT molecular complexity index is 2140. The lowest BCUT2D eigenvalue weighted by Crippen LogP contribution is -2.53. The second-order valence-corrected chi connectivity index (χ2v) is 14.6. The molecule has 0 spiro atoms. The highest BCUT2D eigenvalue weighted by molar-refractivity contribution is 9.10. The van der Waals surface area contributed by atoms with Crippen LogP contribution in [0.2, 0.25) is 5.02 Å². The van der Waals surface area contributed by atoms with Crippen LogP contribution in [0.25, 0.3) is 0 Å². The van der Waals surface area contributed by atoms with Crippen LogP contribution in [-0.4, -0.2) is 40.9 Å². The van der Waals surface area contributed by atoms with Gasteiger partial charge in [-0.15, -0.1) is 0 Å². The maximum absolute atomic E-state index is 15.2. The number of hydrazine groups is 1. The summed E-state index contributed by atoms with van der Waals surface area (Å²) in [5.41, 5.74) is 3.52. The van der Waals surface area contributed by atoms with E-state index in [0.29, 0.717) is 33.1 Å². The van der Waals surface area contributed by atoms with Gasteiger partial charge in [0.25, 0.3) is 11.8 Å². The quantitative estimate of drug-likeness (QED) is 0.158. The fourth-order valence-corrected chi connectivity index (χ4v) is 9.17. The number of methoxy groups -OCH3 is 1. The molecule has 0 bridgehead atoms. The van der Waals surface area contributed by atoms with Crippen LogP contribution in [0.15, 0.2) is 107 Å². The number of carbonyl (C=O) groups is 4. The third kappa shape index (κ3) is 4.92. The molecule has 3 fully saturated rings. The monoisotopic (exact) mass is 769 g/mol. The van der Waals surface area contributed by atoms with Gasteiger partial charge in [0.2, 0.25) is 11.8 Å². The number of nitrogens with zero attached hydrogens (tertiary/aromatic N) is 2. The lowest BCUT2D eigenvalue weighted by molar-refractivity contribution is -0.138. The Labute approximate surface area is 305 Å². The van der Waals surface area contributed by atoms with Crippen molar-refractivity contribution in [3.8, 4) is 11.5 Å². The number of phenols is 1. The van der Waals surface area contributed by atoms with Gasteiger partial charge >= 0.3 is 0 Å². The van der Waals surface area contributed by atoms with Crippen molar-refractivity contribution in [3.05, 3.63) is 129 Å². The number of fused-ring (bicyclic) bond motifs is 4. The normalized spacial score (nSPS) is 26.8. The molecule has 2 aliphatic carbocycles. The number of aromatic hydroxyl groups is 1. The third-order valence-corrected chi connectivity index (χ3v) is 11.7. The molecule has 0 radical (unpaired) electrons. The van der Waals surface area contributed by atoms with E-state index in [-0.39, 0.29) is 36.2 Å². The summed E-state index contributed by atoms with van der Waals surface area (Å²) in [4.78, 5) is 59.6. The zero-order valence-electron chi connectivity index (χ0n) is 27.1. The van der Waals surface area contributed by atoms with Gasteiger partial charge in [0.05, 0.1) is 41.7 Å². The van der Waals surface area contributed by atoms with Gasteiger partial charge in [0.1, 0.15) is 5.82 Å². The highest BCUT2D eigenvalue weighted by atomic mass is 79.9. The van der Waals surface area contributed by atoms with Crippen LogP contribution in [-0.2, 0) is 24.6 Å². The molecule has 258 valence electrons. The molecular weight excluding hydrogens is 741 g/mol. The lowest BCUT2D eigenvalue weighted by atomic mass is 9.49. The summed E-state index contributed by atoms with van der Waals surface area (Å²) in [7, 11) is 1.42. The van der Waals surface area contributed by atoms with E-state index in [2.05, 4.69) is 21.4 Å². The topological polar surface area (TPSA) is 116 Å². The molecule has 8 rings (SSSR count). The van der Waals surface area contributed by atoms with Gasteiger partial charge < -0.3 is 9.84 Å². The fraction of sp³-hybridized carbons (Fsp3) is 0.231. The van der Waals surface area contributed by atoms with Crippen molar-refractivity contribution >= 4 is 62.5 Å². The van der Waals surface area contributed by atoms with Crippen molar-refractivity contribution in [1.82, 2.24) is 5.01 Å². The van der Waals surface area contributed by atoms with Gasteiger partial charge in [-0.1, -0.05) is 63.4 Å². The van der Waals surface area contributed by atoms with Crippen LogP contribution in [0.3, 0.4) is 0 Å². The van der Waals surface area contributed by atoms with Crippen molar-refractivity contribution < 1.29 is 33.4 Å². The van der Waals surface area contributed by atoms with Gasteiger partial charge in [-0.2, -0.15) is 5.01 Å². The first-order valence-corrected chi connectivity index (χ1v) is 17.6. The molecule has 4 amide bonds. The minimum Gasteiger partial charge on any atom is -0.504 e. The summed E-state index contributed by atoms with van der Waals surface area (Å²) < 4.78 is 20.2. The predicted molar refractivity (Wildman–Crippen MR) is 190 cm³/mol. The summed E-state index contributed by atoms with van der Waals surface area (Å²) in [6.45, 7) is 0. The van der Waals surface area contributed by atoms with Crippen LogP contribution in [0.1, 0.15) is 29.9 Å². The molecule has 1 saturated carbocycles. The van der Waals surface area contributed by atoms with Crippen LogP contribution in [0, 0.1) is 29.5 Å². The predicted octanol–water partition coefficient (Wildman–Crippen LogP) is 7.15. The van der Waals surface area contributed by atoms with Gasteiger partial charge in [-0.25, -0.2) is 4.39 Å². The Balaban J connectivity index is 1.34. The number of para-hydroxylation sites is 1. The number of halogens is 3. The average molecular weight is 771 g/mol. The first-order valence-electron chi connectivity index (χ1n) is 16.4. The summed E-state index contributed by atoms with van der Waals surface area (Å²) in [5.74, 6) is -6.56. The number of hydrogen-bond acceptors (Lipinski definition) is 7. The maximum atomic E-state index is 15.2. The number of hydrogen-bond donors (Lipinski definition) is 2. The minimum atomic E-state index is -1.63. The molecule has 12 heteroatoms. The summed E-state index contributed by atoms with van der Waals surface area (Å²) in [6, 6.07) is 23.9. The molecule has 9 nitrogen and oxygen atoms in total. The summed E-state index contributed by atoms with van der Waals surface area (Å²) in [6.07, 6.45) is 2.19. The van der Waals surface area contributed by atoms with Gasteiger partial charge in [-0.3, -0.25) is 29.5 Å². The Morgan fingerprint density at radius 3 is 2.29 bits per heavy atom. The molecule has 51 heavy (non-hydrogen) atoms. The van der Waals surface area contributed by atoms with E-state index in [1.807, 2.05) is 6.08 Å². The summed E-state index contributed by atoms with van der Waals surface area (Å²) >= 11 is 9.76. The number of imide groups is 2. The second kappa shape index (κ2) is 12.3. The van der Waals surface area contributed by atoms with Gasteiger partial charge in [0, 0.05) is 21.0 Å².